The smallest absolute Gasteiger partial charge is 0.321 e. The lowest BCUT2D eigenvalue weighted by molar-refractivity contribution is -0.147. The van der Waals surface area contributed by atoms with Gasteiger partial charge in [-0.2, -0.15) is 0 Å². The molecule has 1 aliphatic heterocycles. The average molecular weight is 255 g/mol. The van der Waals surface area contributed by atoms with Crippen LogP contribution in [0.15, 0.2) is 0 Å². The van der Waals surface area contributed by atoms with Crippen molar-refractivity contribution in [1.82, 2.24) is 4.90 Å². The zero-order chi connectivity index (χ0) is 13.5. The molecule has 1 heterocycles. The van der Waals surface area contributed by atoms with Crippen molar-refractivity contribution >= 4 is 5.97 Å². The first-order valence-corrected chi connectivity index (χ1v) is 7.56. The number of unbranched alkanes of at least 4 members (excludes halogenated alkanes) is 1. The van der Waals surface area contributed by atoms with Gasteiger partial charge in [-0.05, 0) is 37.6 Å². The molecule has 0 spiro atoms. The lowest BCUT2D eigenvalue weighted by Crippen LogP contribution is -2.50. The van der Waals surface area contributed by atoms with E-state index < -0.39 is 5.97 Å². The maximum absolute atomic E-state index is 11.4. The molecule has 0 radical (unpaired) electrons. The van der Waals surface area contributed by atoms with E-state index in [0.29, 0.717) is 11.8 Å². The molecule has 3 heteroatoms. The van der Waals surface area contributed by atoms with Gasteiger partial charge >= 0.3 is 5.97 Å². The van der Waals surface area contributed by atoms with Crippen LogP contribution < -0.4 is 0 Å². The lowest BCUT2D eigenvalue weighted by Gasteiger charge is -2.39. The van der Waals surface area contributed by atoms with Gasteiger partial charge in [-0.25, -0.2) is 0 Å². The van der Waals surface area contributed by atoms with Gasteiger partial charge in [0.15, 0.2) is 0 Å². The highest BCUT2D eigenvalue weighted by atomic mass is 16.4. The van der Waals surface area contributed by atoms with Crippen molar-refractivity contribution in [3.8, 4) is 0 Å². The fourth-order valence-corrected chi connectivity index (χ4v) is 3.13. The van der Waals surface area contributed by atoms with Crippen LogP contribution in [0.4, 0.5) is 0 Å². The second-order valence-electron chi connectivity index (χ2n) is 5.81. The molecule has 1 saturated heterocycles. The van der Waals surface area contributed by atoms with Crippen molar-refractivity contribution in [2.24, 2.45) is 11.8 Å². The standard InChI is InChI=1S/C15H29NO2/c1-4-6-9-13(5-2)11-16-10-7-8-12(3)14(16)15(17)18/h12-14H,4-11H2,1-3H3,(H,17,18). The Bertz CT molecular complexity index is 255. The number of carbonyl (C=O) groups is 1. The third kappa shape index (κ3) is 4.27. The van der Waals surface area contributed by atoms with Gasteiger partial charge in [-0.3, -0.25) is 9.69 Å². The van der Waals surface area contributed by atoms with Gasteiger partial charge in [0.2, 0.25) is 0 Å². The Morgan fingerprint density at radius 3 is 2.72 bits per heavy atom. The van der Waals surface area contributed by atoms with Crippen LogP contribution >= 0.6 is 0 Å². The van der Waals surface area contributed by atoms with Gasteiger partial charge in [0.25, 0.3) is 0 Å². The van der Waals surface area contributed by atoms with Gasteiger partial charge in [0, 0.05) is 6.54 Å². The SMILES string of the molecule is CCCCC(CC)CN1CCCC(C)C1C(=O)O. The number of piperidine rings is 1. The summed E-state index contributed by atoms with van der Waals surface area (Å²) in [5.41, 5.74) is 0. The van der Waals surface area contributed by atoms with Crippen LogP contribution in [0, 0.1) is 11.8 Å². The molecule has 0 aliphatic carbocycles. The molecule has 106 valence electrons. The van der Waals surface area contributed by atoms with Crippen molar-refractivity contribution in [3.63, 3.8) is 0 Å². The summed E-state index contributed by atoms with van der Waals surface area (Å²) >= 11 is 0. The minimum absolute atomic E-state index is 0.255. The maximum atomic E-state index is 11.4. The monoisotopic (exact) mass is 255 g/mol. The minimum atomic E-state index is -0.632. The van der Waals surface area contributed by atoms with Gasteiger partial charge < -0.3 is 5.11 Å². The van der Waals surface area contributed by atoms with Crippen LogP contribution in [-0.2, 0) is 4.79 Å². The van der Waals surface area contributed by atoms with E-state index in [1.807, 2.05) is 0 Å². The van der Waals surface area contributed by atoms with E-state index in [9.17, 15) is 9.90 Å². The molecule has 1 fully saturated rings. The quantitative estimate of drug-likeness (QED) is 0.758. The van der Waals surface area contributed by atoms with Crippen LogP contribution in [0.5, 0.6) is 0 Å². The molecular weight excluding hydrogens is 226 g/mol. The molecule has 0 amide bonds. The molecule has 0 aromatic carbocycles. The van der Waals surface area contributed by atoms with Crippen LogP contribution in [0.2, 0.25) is 0 Å². The van der Waals surface area contributed by atoms with Gasteiger partial charge in [0.1, 0.15) is 6.04 Å². The van der Waals surface area contributed by atoms with Crippen molar-refractivity contribution in [2.45, 2.75) is 65.3 Å². The molecule has 3 unspecified atom stereocenters. The van der Waals surface area contributed by atoms with E-state index in [0.717, 1.165) is 32.4 Å². The van der Waals surface area contributed by atoms with Crippen molar-refractivity contribution in [3.05, 3.63) is 0 Å². The highest BCUT2D eigenvalue weighted by molar-refractivity contribution is 5.74. The molecule has 1 rings (SSSR count). The molecule has 0 aromatic rings. The first-order chi connectivity index (χ1) is 8.60. The van der Waals surface area contributed by atoms with E-state index >= 15 is 0 Å². The third-order valence-corrected chi connectivity index (χ3v) is 4.33. The minimum Gasteiger partial charge on any atom is -0.480 e. The van der Waals surface area contributed by atoms with Gasteiger partial charge in [0.05, 0.1) is 0 Å². The fourth-order valence-electron chi connectivity index (χ4n) is 3.13. The summed E-state index contributed by atoms with van der Waals surface area (Å²) in [6, 6.07) is -0.255. The van der Waals surface area contributed by atoms with E-state index in [1.165, 1.54) is 19.3 Å². The molecule has 0 bridgehead atoms. The summed E-state index contributed by atoms with van der Waals surface area (Å²) in [7, 11) is 0. The number of hydrogen-bond donors (Lipinski definition) is 1. The molecule has 3 atom stereocenters. The summed E-state index contributed by atoms with van der Waals surface area (Å²) in [6.45, 7) is 8.46. The van der Waals surface area contributed by atoms with Crippen LogP contribution in [0.1, 0.15) is 59.3 Å². The van der Waals surface area contributed by atoms with Crippen molar-refractivity contribution in [2.75, 3.05) is 13.1 Å². The predicted molar refractivity (Wildman–Crippen MR) is 74.7 cm³/mol. The first-order valence-electron chi connectivity index (χ1n) is 7.56. The number of likely N-dealkylation sites (tertiary alicyclic amines) is 1. The second kappa shape index (κ2) is 7.78. The molecule has 1 aliphatic rings. The van der Waals surface area contributed by atoms with Crippen LogP contribution in [-0.4, -0.2) is 35.1 Å². The second-order valence-corrected chi connectivity index (χ2v) is 5.81. The van der Waals surface area contributed by atoms with E-state index in [2.05, 4.69) is 25.7 Å². The highest BCUT2D eigenvalue weighted by Gasteiger charge is 2.34. The third-order valence-electron chi connectivity index (χ3n) is 4.33. The van der Waals surface area contributed by atoms with Crippen LogP contribution in [0.3, 0.4) is 0 Å². The largest absolute Gasteiger partial charge is 0.480 e. The van der Waals surface area contributed by atoms with Crippen LogP contribution in [0.25, 0.3) is 0 Å². The summed E-state index contributed by atoms with van der Waals surface area (Å²) in [6.07, 6.45) is 7.10. The molecule has 0 aromatic heterocycles. The molecule has 3 nitrogen and oxygen atoms in total. The Balaban J connectivity index is 2.58. The lowest BCUT2D eigenvalue weighted by atomic mass is 9.89. The Morgan fingerprint density at radius 2 is 2.17 bits per heavy atom. The highest BCUT2D eigenvalue weighted by Crippen LogP contribution is 2.26. The number of hydrogen-bond acceptors (Lipinski definition) is 2. The Hall–Kier alpha value is -0.570. The molecule has 0 saturated carbocycles. The molecular formula is C15H29NO2. The zero-order valence-electron chi connectivity index (χ0n) is 12.2. The van der Waals surface area contributed by atoms with E-state index in [1.54, 1.807) is 0 Å². The summed E-state index contributed by atoms with van der Waals surface area (Å²) in [5, 5.41) is 9.40. The average Bonchev–Trinajstić information content (AvgIpc) is 2.33. The van der Waals surface area contributed by atoms with Crippen molar-refractivity contribution < 1.29 is 9.90 Å². The molecule has 1 N–H and O–H groups in total. The summed E-state index contributed by atoms with van der Waals surface area (Å²) in [4.78, 5) is 13.6. The summed E-state index contributed by atoms with van der Waals surface area (Å²) in [5.74, 6) is 0.324. The Morgan fingerprint density at radius 1 is 1.44 bits per heavy atom. The molecule has 18 heavy (non-hydrogen) atoms. The summed E-state index contributed by atoms with van der Waals surface area (Å²) < 4.78 is 0. The number of rotatable bonds is 7. The van der Waals surface area contributed by atoms with Crippen molar-refractivity contribution in [1.29, 1.82) is 0 Å². The number of carboxylic acid groups (broad SMARTS) is 1. The Kier molecular flexibility index (Phi) is 6.69. The maximum Gasteiger partial charge on any atom is 0.321 e. The number of nitrogens with zero attached hydrogens (tertiary/aromatic N) is 1. The van der Waals surface area contributed by atoms with E-state index in [-0.39, 0.29) is 6.04 Å². The zero-order valence-corrected chi connectivity index (χ0v) is 12.2. The van der Waals surface area contributed by atoms with E-state index in [4.69, 9.17) is 0 Å². The van der Waals surface area contributed by atoms with Gasteiger partial charge in [-0.15, -0.1) is 0 Å². The Labute approximate surface area is 112 Å². The first kappa shape index (κ1) is 15.5. The fraction of sp³-hybridized carbons (Fsp3) is 0.933. The normalized spacial score (nSPS) is 27.1. The number of aliphatic carboxylic acids is 1. The predicted octanol–water partition coefficient (Wildman–Crippen LogP) is 3.39. The topological polar surface area (TPSA) is 40.5 Å². The number of carboxylic acids is 1. The van der Waals surface area contributed by atoms with Gasteiger partial charge in [-0.1, -0.05) is 40.0 Å².